The van der Waals surface area contributed by atoms with Crippen LogP contribution in [0.3, 0.4) is 0 Å². The quantitative estimate of drug-likeness (QED) is 0.881. The maximum Gasteiger partial charge on any atom is 0.130 e. The van der Waals surface area contributed by atoms with E-state index in [-0.39, 0.29) is 5.82 Å². The molecular weight excluding hydrogens is 231 g/mol. The smallest absolute Gasteiger partial charge is 0.130 e. The summed E-state index contributed by atoms with van der Waals surface area (Å²) < 4.78 is 18.5. The molecule has 0 fully saturated rings. The van der Waals surface area contributed by atoms with Gasteiger partial charge in [-0.25, -0.2) is 4.39 Å². The number of benzene rings is 2. The molecule has 94 valence electrons. The van der Waals surface area contributed by atoms with Gasteiger partial charge in [0.05, 0.1) is 6.10 Å². The van der Waals surface area contributed by atoms with Gasteiger partial charge in [-0.15, -0.1) is 0 Å². The number of aliphatic hydroxyl groups is 1. The molecule has 2 aromatic rings. The van der Waals surface area contributed by atoms with Gasteiger partial charge in [-0.1, -0.05) is 25.1 Å². The van der Waals surface area contributed by atoms with Crippen molar-refractivity contribution in [2.24, 2.45) is 0 Å². The molecule has 0 saturated heterocycles. The second-order valence-electron chi connectivity index (χ2n) is 4.05. The van der Waals surface area contributed by atoms with Crippen molar-refractivity contribution in [3.05, 3.63) is 59.9 Å². The molecule has 2 nitrogen and oxygen atoms in total. The molecule has 0 amide bonds. The van der Waals surface area contributed by atoms with Crippen molar-refractivity contribution < 1.29 is 14.2 Å². The van der Waals surface area contributed by atoms with Gasteiger partial charge in [0.1, 0.15) is 17.3 Å². The van der Waals surface area contributed by atoms with E-state index in [2.05, 4.69) is 0 Å². The highest BCUT2D eigenvalue weighted by Gasteiger charge is 2.05. The Morgan fingerprint density at radius 3 is 2.44 bits per heavy atom. The number of aliphatic hydroxyl groups excluding tert-OH is 1. The third-order valence-corrected chi connectivity index (χ3v) is 2.68. The lowest BCUT2D eigenvalue weighted by Gasteiger charge is -2.10. The van der Waals surface area contributed by atoms with Crippen molar-refractivity contribution in [1.82, 2.24) is 0 Å². The Morgan fingerprint density at radius 2 is 1.83 bits per heavy atom. The lowest BCUT2D eigenvalue weighted by atomic mass is 10.1. The first kappa shape index (κ1) is 12.6. The van der Waals surface area contributed by atoms with Crippen molar-refractivity contribution in [3.63, 3.8) is 0 Å². The van der Waals surface area contributed by atoms with Crippen molar-refractivity contribution in [1.29, 1.82) is 0 Å². The lowest BCUT2D eigenvalue weighted by Crippen LogP contribution is -1.94. The molecular formula is C15H15FO2. The third-order valence-electron chi connectivity index (χ3n) is 2.68. The molecule has 2 aromatic carbocycles. The van der Waals surface area contributed by atoms with Crippen LogP contribution in [0, 0.1) is 5.82 Å². The number of hydrogen-bond acceptors (Lipinski definition) is 2. The Bertz CT molecular complexity index is 508. The van der Waals surface area contributed by atoms with Gasteiger partial charge >= 0.3 is 0 Å². The van der Waals surface area contributed by atoms with Crippen molar-refractivity contribution >= 4 is 0 Å². The van der Waals surface area contributed by atoms with E-state index in [1.807, 2.05) is 19.1 Å². The molecule has 1 N–H and O–H groups in total. The SMILES string of the molecule is CC[C@@H](O)c1ccc(Oc2cccc(F)c2)cc1. The van der Waals surface area contributed by atoms with E-state index in [1.165, 1.54) is 12.1 Å². The van der Waals surface area contributed by atoms with Crippen LogP contribution < -0.4 is 4.74 Å². The third kappa shape index (κ3) is 3.08. The second kappa shape index (κ2) is 5.65. The van der Waals surface area contributed by atoms with Gasteiger partial charge in [-0.05, 0) is 36.2 Å². The van der Waals surface area contributed by atoms with Crippen molar-refractivity contribution in [2.75, 3.05) is 0 Å². The van der Waals surface area contributed by atoms with Crippen LogP contribution in [0.1, 0.15) is 25.0 Å². The van der Waals surface area contributed by atoms with Crippen LogP contribution in [0.2, 0.25) is 0 Å². The molecule has 0 unspecified atom stereocenters. The van der Waals surface area contributed by atoms with Gasteiger partial charge in [0.25, 0.3) is 0 Å². The summed E-state index contributed by atoms with van der Waals surface area (Å²) in [6.45, 7) is 1.92. The van der Waals surface area contributed by atoms with E-state index < -0.39 is 6.10 Å². The summed E-state index contributed by atoms with van der Waals surface area (Å²) >= 11 is 0. The molecule has 0 bridgehead atoms. The summed E-state index contributed by atoms with van der Waals surface area (Å²) in [5.74, 6) is 0.747. The largest absolute Gasteiger partial charge is 0.457 e. The standard InChI is InChI=1S/C15H15FO2/c1-2-15(17)11-6-8-13(9-7-11)18-14-5-3-4-12(16)10-14/h3-10,15,17H,2H2,1H3/t15-/m1/s1. The number of halogens is 1. The second-order valence-corrected chi connectivity index (χ2v) is 4.05. The minimum Gasteiger partial charge on any atom is -0.457 e. The number of ether oxygens (including phenoxy) is 1. The zero-order valence-electron chi connectivity index (χ0n) is 10.1. The Kier molecular flexibility index (Phi) is 3.95. The number of hydrogen-bond donors (Lipinski definition) is 1. The van der Waals surface area contributed by atoms with E-state index in [1.54, 1.807) is 24.3 Å². The fraction of sp³-hybridized carbons (Fsp3) is 0.200. The highest BCUT2D eigenvalue weighted by molar-refractivity contribution is 5.33. The molecule has 18 heavy (non-hydrogen) atoms. The van der Waals surface area contributed by atoms with Gasteiger partial charge in [0.15, 0.2) is 0 Å². The van der Waals surface area contributed by atoms with Crippen LogP contribution in [0.5, 0.6) is 11.5 Å². The molecule has 0 aromatic heterocycles. The fourth-order valence-corrected chi connectivity index (χ4v) is 1.66. The highest BCUT2D eigenvalue weighted by atomic mass is 19.1. The first-order chi connectivity index (χ1) is 8.69. The van der Waals surface area contributed by atoms with Gasteiger partial charge in [0.2, 0.25) is 0 Å². The minimum absolute atomic E-state index is 0.328. The van der Waals surface area contributed by atoms with Gasteiger partial charge in [-0.2, -0.15) is 0 Å². The van der Waals surface area contributed by atoms with Crippen LogP contribution in [0.25, 0.3) is 0 Å². The highest BCUT2D eigenvalue weighted by Crippen LogP contribution is 2.24. The summed E-state index contributed by atoms with van der Waals surface area (Å²) in [5, 5.41) is 9.66. The predicted molar refractivity (Wildman–Crippen MR) is 68.2 cm³/mol. The van der Waals surface area contributed by atoms with E-state index in [9.17, 15) is 9.50 Å². The molecule has 2 rings (SSSR count). The Balaban J connectivity index is 2.11. The molecule has 0 heterocycles. The normalized spacial score (nSPS) is 12.2. The maximum atomic E-state index is 13.0. The maximum absolute atomic E-state index is 13.0. The predicted octanol–water partition coefficient (Wildman–Crippen LogP) is 4.06. The molecule has 3 heteroatoms. The molecule has 0 saturated carbocycles. The Morgan fingerprint density at radius 1 is 1.11 bits per heavy atom. The summed E-state index contributed by atoms with van der Waals surface area (Å²) in [7, 11) is 0. The zero-order valence-corrected chi connectivity index (χ0v) is 10.1. The summed E-state index contributed by atoms with van der Waals surface area (Å²) in [4.78, 5) is 0. The van der Waals surface area contributed by atoms with Gasteiger partial charge < -0.3 is 9.84 Å². The average Bonchev–Trinajstić information content (AvgIpc) is 2.39. The first-order valence-corrected chi connectivity index (χ1v) is 5.90. The summed E-state index contributed by atoms with van der Waals surface area (Å²) in [6.07, 6.45) is 0.220. The van der Waals surface area contributed by atoms with Crippen LogP contribution >= 0.6 is 0 Å². The van der Waals surface area contributed by atoms with E-state index in [0.717, 1.165) is 5.56 Å². The molecule has 0 aliphatic heterocycles. The van der Waals surface area contributed by atoms with E-state index in [0.29, 0.717) is 17.9 Å². The summed E-state index contributed by atoms with van der Waals surface area (Å²) in [6, 6.07) is 13.1. The molecule has 1 atom stereocenters. The first-order valence-electron chi connectivity index (χ1n) is 5.90. The fourth-order valence-electron chi connectivity index (χ4n) is 1.66. The lowest BCUT2D eigenvalue weighted by molar-refractivity contribution is 0.173. The topological polar surface area (TPSA) is 29.5 Å². The zero-order chi connectivity index (χ0) is 13.0. The molecule has 0 aliphatic carbocycles. The molecule has 0 radical (unpaired) electrons. The van der Waals surface area contributed by atoms with Crippen LogP contribution in [0.4, 0.5) is 4.39 Å². The van der Waals surface area contributed by atoms with Gasteiger partial charge in [0, 0.05) is 6.07 Å². The van der Waals surface area contributed by atoms with Crippen molar-refractivity contribution in [2.45, 2.75) is 19.4 Å². The van der Waals surface area contributed by atoms with E-state index in [4.69, 9.17) is 4.74 Å². The molecule has 0 spiro atoms. The van der Waals surface area contributed by atoms with Crippen molar-refractivity contribution in [3.8, 4) is 11.5 Å². The average molecular weight is 246 g/mol. The summed E-state index contributed by atoms with van der Waals surface area (Å²) in [5.41, 5.74) is 0.851. The van der Waals surface area contributed by atoms with E-state index >= 15 is 0 Å². The Hall–Kier alpha value is -1.87. The van der Waals surface area contributed by atoms with Crippen LogP contribution in [-0.4, -0.2) is 5.11 Å². The minimum atomic E-state index is -0.451. The van der Waals surface area contributed by atoms with Crippen LogP contribution in [0.15, 0.2) is 48.5 Å². The number of rotatable bonds is 4. The van der Waals surface area contributed by atoms with Gasteiger partial charge in [-0.3, -0.25) is 0 Å². The monoisotopic (exact) mass is 246 g/mol. The molecule has 0 aliphatic rings. The van der Waals surface area contributed by atoms with Crippen LogP contribution in [-0.2, 0) is 0 Å². The Labute approximate surface area is 106 Å².